The van der Waals surface area contributed by atoms with Gasteiger partial charge in [-0.25, -0.2) is 8.42 Å². The molecule has 1 N–H and O–H groups in total. The first-order valence-corrected chi connectivity index (χ1v) is 18.9. The Labute approximate surface area is 250 Å². The molecule has 2 amide bonds. The number of aromatic nitrogens is 2. The molecule has 1 saturated carbocycles. The molecule has 42 heavy (non-hydrogen) atoms. The summed E-state index contributed by atoms with van der Waals surface area (Å²) in [5, 5.41) is 16.1. The van der Waals surface area contributed by atoms with Crippen LogP contribution >= 0.6 is 0 Å². The number of carbonyl (C=O) groups excluding carboxylic acids is 2. The fraction of sp³-hybridized carbons (Fsp3) is 0.600. The van der Waals surface area contributed by atoms with Gasteiger partial charge in [-0.15, -0.1) is 0 Å². The third-order valence-electron chi connectivity index (χ3n) is 8.84. The van der Waals surface area contributed by atoms with Gasteiger partial charge in [0.2, 0.25) is 0 Å². The molecule has 0 unspecified atom stereocenters. The Balaban J connectivity index is 1.45. The van der Waals surface area contributed by atoms with Gasteiger partial charge in [-0.05, 0) is 68.9 Å². The molecule has 2 heterocycles. The first kappa shape index (κ1) is 31.9. The van der Waals surface area contributed by atoms with E-state index in [4.69, 9.17) is 9.69 Å². The number of nitrogens with zero attached hydrogens (tertiary/aromatic N) is 4. The molecule has 4 rings (SSSR count). The zero-order valence-corrected chi connectivity index (χ0v) is 27.8. The molecule has 2 aromatic rings. The van der Waals surface area contributed by atoms with E-state index in [-0.39, 0.29) is 41.4 Å². The highest BCUT2D eigenvalue weighted by Gasteiger charge is 2.58. The van der Waals surface area contributed by atoms with Crippen LogP contribution in [-0.2, 0) is 34.3 Å². The number of hydrogen-bond donors (Lipinski definition) is 1. The highest BCUT2D eigenvalue weighted by molar-refractivity contribution is 7.93. The van der Waals surface area contributed by atoms with Gasteiger partial charge in [-0.1, -0.05) is 32.9 Å². The third-order valence-corrected chi connectivity index (χ3v) is 16.4. The van der Waals surface area contributed by atoms with Gasteiger partial charge in [0.25, 0.3) is 11.8 Å². The normalized spacial score (nSPS) is 17.0. The maximum absolute atomic E-state index is 13.8. The summed E-state index contributed by atoms with van der Waals surface area (Å²) in [6, 6.07) is 8.99. The first-order chi connectivity index (χ1) is 19.3. The molecule has 0 saturated heterocycles. The van der Waals surface area contributed by atoms with E-state index in [1.54, 1.807) is 36.2 Å². The fourth-order valence-corrected chi connectivity index (χ4v) is 9.63. The van der Waals surface area contributed by atoms with E-state index in [1.165, 1.54) is 4.68 Å². The number of nitrogens with one attached hydrogen (secondary N) is 1. The van der Waals surface area contributed by atoms with Crippen molar-refractivity contribution in [3.05, 3.63) is 52.3 Å². The highest BCUT2D eigenvalue weighted by atomic mass is 32.2. The molecule has 0 atom stereocenters. The lowest BCUT2D eigenvalue weighted by atomic mass is 10.0. The molecule has 12 heteroatoms. The fourth-order valence-electron chi connectivity index (χ4n) is 5.41. The Morgan fingerprint density at radius 3 is 2.33 bits per heavy atom. The molecule has 0 spiro atoms. The molecule has 0 bridgehead atoms. The Bertz CT molecular complexity index is 1530. The van der Waals surface area contributed by atoms with Gasteiger partial charge in [0.05, 0.1) is 27.7 Å². The lowest BCUT2D eigenvalue weighted by molar-refractivity contribution is 0.0724. The number of fused-ring (bicyclic) bond motifs is 1. The Morgan fingerprint density at radius 2 is 1.79 bits per heavy atom. The summed E-state index contributed by atoms with van der Waals surface area (Å²) in [6.07, 6.45) is 1.43. The molecule has 1 aliphatic heterocycles. The molecular formula is C30H43N5O5SSi. The van der Waals surface area contributed by atoms with Crippen molar-refractivity contribution in [3.63, 3.8) is 0 Å². The predicted octanol–water partition coefficient (Wildman–Crippen LogP) is 3.97. The van der Waals surface area contributed by atoms with Crippen LogP contribution in [-0.4, -0.2) is 72.4 Å². The molecule has 2 aliphatic rings. The average Bonchev–Trinajstić information content (AvgIpc) is 3.59. The van der Waals surface area contributed by atoms with E-state index in [9.17, 15) is 18.0 Å². The lowest BCUT2D eigenvalue weighted by Crippen LogP contribution is -2.52. The van der Waals surface area contributed by atoms with Crippen molar-refractivity contribution in [2.45, 2.75) is 88.9 Å². The van der Waals surface area contributed by atoms with Crippen molar-refractivity contribution in [2.24, 2.45) is 7.05 Å². The quantitative estimate of drug-likeness (QED) is 0.401. The van der Waals surface area contributed by atoms with E-state index in [0.717, 1.165) is 5.56 Å². The molecule has 228 valence electrons. The van der Waals surface area contributed by atoms with Crippen LogP contribution in [0.25, 0.3) is 0 Å². The van der Waals surface area contributed by atoms with Crippen molar-refractivity contribution >= 4 is 30.0 Å². The van der Waals surface area contributed by atoms with Crippen molar-refractivity contribution in [3.8, 4) is 6.07 Å². The molecule has 1 fully saturated rings. The van der Waals surface area contributed by atoms with Gasteiger partial charge in [0, 0.05) is 32.2 Å². The van der Waals surface area contributed by atoms with Crippen LogP contribution in [0.2, 0.25) is 18.1 Å². The van der Waals surface area contributed by atoms with Crippen LogP contribution in [0.15, 0.2) is 24.3 Å². The number of carbonyl (C=O) groups is 2. The molecule has 1 aromatic heterocycles. The Hall–Kier alpha value is -3.01. The predicted molar refractivity (Wildman–Crippen MR) is 163 cm³/mol. The number of amides is 2. The summed E-state index contributed by atoms with van der Waals surface area (Å²) < 4.78 is 34.5. The number of benzene rings is 1. The van der Waals surface area contributed by atoms with Gasteiger partial charge in [0.1, 0.15) is 5.69 Å². The van der Waals surface area contributed by atoms with Gasteiger partial charge in [-0.3, -0.25) is 14.3 Å². The first-order valence-electron chi connectivity index (χ1n) is 14.4. The van der Waals surface area contributed by atoms with E-state index >= 15 is 0 Å². The van der Waals surface area contributed by atoms with Gasteiger partial charge in [0.15, 0.2) is 23.8 Å². The monoisotopic (exact) mass is 613 g/mol. The summed E-state index contributed by atoms with van der Waals surface area (Å²) in [6.45, 7) is 15.0. The number of rotatable bonds is 10. The number of nitriles is 1. The van der Waals surface area contributed by atoms with Crippen molar-refractivity contribution in [1.82, 2.24) is 20.0 Å². The van der Waals surface area contributed by atoms with Gasteiger partial charge in [-0.2, -0.15) is 10.4 Å². The second kappa shape index (κ2) is 10.9. The van der Waals surface area contributed by atoms with Crippen LogP contribution in [0.5, 0.6) is 0 Å². The van der Waals surface area contributed by atoms with E-state index in [2.05, 4.69) is 50.3 Å². The maximum Gasteiger partial charge on any atom is 0.272 e. The minimum atomic E-state index is -3.58. The Kier molecular flexibility index (Phi) is 8.30. The SMILES string of the molecule is Cn1nc(C(=O)NCc2ccc(C#N)cc2)c2c1C(=O)N(CC1(S(=O)(=O)CC(C)(C)O[Si](C)(C)C(C)(C)C)CC1)CC2. The topological polar surface area (TPSA) is 134 Å². The second-order valence-electron chi connectivity index (χ2n) is 13.8. The van der Waals surface area contributed by atoms with E-state index in [0.29, 0.717) is 42.6 Å². The van der Waals surface area contributed by atoms with Gasteiger partial charge >= 0.3 is 0 Å². The summed E-state index contributed by atoms with van der Waals surface area (Å²) in [5.41, 5.74) is 1.62. The lowest BCUT2D eigenvalue weighted by Gasteiger charge is -2.43. The minimum Gasteiger partial charge on any atom is -0.411 e. The second-order valence-corrected chi connectivity index (χ2v) is 20.9. The number of aryl methyl sites for hydroxylation is 1. The minimum absolute atomic E-state index is 0.0499. The van der Waals surface area contributed by atoms with Gasteiger partial charge < -0.3 is 14.6 Å². The molecular weight excluding hydrogens is 571 g/mol. The maximum atomic E-state index is 13.8. The molecule has 0 radical (unpaired) electrons. The molecule has 1 aliphatic carbocycles. The van der Waals surface area contributed by atoms with Crippen LogP contribution in [0.1, 0.15) is 85.1 Å². The molecule has 1 aromatic carbocycles. The zero-order chi connectivity index (χ0) is 31.3. The van der Waals surface area contributed by atoms with Crippen LogP contribution in [0, 0.1) is 11.3 Å². The average molecular weight is 614 g/mol. The Morgan fingerprint density at radius 1 is 1.17 bits per heavy atom. The highest BCUT2D eigenvalue weighted by Crippen LogP contribution is 2.47. The smallest absolute Gasteiger partial charge is 0.272 e. The summed E-state index contributed by atoms with van der Waals surface area (Å²) in [4.78, 5) is 28.3. The van der Waals surface area contributed by atoms with Crippen molar-refractivity contribution in [2.75, 3.05) is 18.8 Å². The van der Waals surface area contributed by atoms with E-state index < -0.39 is 28.5 Å². The van der Waals surface area contributed by atoms with Crippen LogP contribution < -0.4 is 5.32 Å². The number of sulfone groups is 1. The molecule has 10 nitrogen and oxygen atoms in total. The summed E-state index contributed by atoms with van der Waals surface area (Å²) in [5.74, 6) is -0.798. The summed E-state index contributed by atoms with van der Waals surface area (Å²) >= 11 is 0. The van der Waals surface area contributed by atoms with Crippen LogP contribution in [0.3, 0.4) is 0 Å². The van der Waals surface area contributed by atoms with Crippen LogP contribution in [0.4, 0.5) is 0 Å². The number of hydrogen-bond acceptors (Lipinski definition) is 7. The largest absolute Gasteiger partial charge is 0.411 e. The standard InChI is InChI=1S/C30H43N5O5SSi/c1-28(2,3)42(7,8)40-29(4,5)20-41(38,39)30(14-15-30)19-35-16-13-23-24(33-34(6)25(23)27(35)37)26(36)32-18-22-11-9-21(17-31)10-12-22/h9-12H,13-16,18-20H2,1-8H3,(H,32,36). The van der Waals surface area contributed by atoms with E-state index in [1.807, 2.05) is 13.8 Å². The third kappa shape index (κ3) is 6.33. The van der Waals surface area contributed by atoms with Crippen molar-refractivity contribution < 1.29 is 22.4 Å². The zero-order valence-electron chi connectivity index (χ0n) is 26.0. The van der Waals surface area contributed by atoms with Crippen molar-refractivity contribution in [1.29, 1.82) is 5.26 Å². The summed E-state index contributed by atoms with van der Waals surface area (Å²) in [7, 11) is -4.15.